The van der Waals surface area contributed by atoms with Crippen molar-refractivity contribution in [2.75, 3.05) is 7.11 Å². The smallest absolute Gasteiger partial charge is 0.124 e. The fourth-order valence-electron chi connectivity index (χ4n) is 2.34. The molecule has 0 aromatic heterocycles. The maximum Gasteiger partial charge on any atom is 0.124 e. The van der Waals surface area contributed by atoms with Gasteiger partial charge >= 0.3 is 0 Å². The minimum Gasteiger partial charge on any atom is -0.496 e. The highest BCUT2D eigenvalue weighted by atomic mass is 79.9. The Balaban J connectivity index is 2.45. The highest BCUT2D eigenvalue weighted by Gasteiger charge is 2.17. The van der Waals surface area contributed by atoms with E-state index in [1.54, 1.807) is 7.11 Å². The molecule has 0 aliphatic heterocycles. The lowest BCUT2D eigenvalue weighted by molar-refractivity contribution is 0.408. The highest BCUT2D eigenvalue weighted by molar-refractivity contribution is 9.10. The first-order valence-electron chi connectivity index (χ1n) is 6.18. The van der Waals surface area contributed by atoms with Crippen LogP contribution in [0.15, 0.2) is 34.8 Å². The molecule has 0 heterocycles. The monoisotopic (exact) mass is 372 g/mol. The van der Waals surface area contributed by atoms with Crippen LogP contribution >= 0.6 is 39.1 Å². The van der Waals surface area contributed by atoms with E-state index in [4.69, 9.17) is 27.9 Å². The molecule has 0 aliphatic carbocycles. The summed E-state index contributed by atoms with van der Waals surface area (Å²) in [5.74, 6) is 0.902. The summed E-state index contributed by atoms with van der Waals surface area (Å²) in [4.78, 5) is 0. The molecule has 2 rings (SSSR count). The molecule has 0 saturated heterocycles. The van der Waals surface area contributed by atoms with E-state index < -0.39 is 0 Å². The molecular formula is C16H15BrCl2O. The molecular weight excluding hydrogens is 359 g/mol. The predicted octanol–water partition coefficient (Wildman–Crippen LogP) is 6.06. The van der Waals surface area contributed by atoms with Gasteiger partial charge in [-0.3, -0.25) is 0 Å². The molecule has 106 valence electrons. The molecule has 0 amide bonds. The van der Waals surface area contributed by atoms with Gasteiger partial charge in [-0.2, -0.15) is 0 Å². The fourth-order valence-corrected chi connectivity index (χ4v) is 3.49. The van der Waals surface area contributed by atoms with Crippen LogP contribution in [0.5, 0.6) is 5.75 Å². The number of rotatable bonds is 3. The van der Waals surface area contributed by atoms with Crippen LogP contribution in [-0.2, 0) is 0 Å². The summed E-state index contributed by atoms with van der Waals surface area (Å²) < 4.78 is 6.32. The lowest BCUT2D eigenvalue weighted by Gasteiger charge is -2.16. The van der Waals surface area contributed by atoms with Gasteiger partial charge in [0, 0.05) is 9.50 Å². The van der Waals surface area contributed by atoms with Gasteiger partial charge in [0.05, 0.1) is 12.5 Å². The summed E-state index contributed by atoms with van der Waals surface area (Å²) >= 11 is 16.3. The number of halogens is 3. The number of hydrogen-bond donors (Lipinski definition) is 0. The predicted molar refractivity (Wildman–Crippen MR) is 89.3 cm³/mol. The van der Waals surface area contributed by atoms with Crippen molar-refractivity contribution in [2.45, 2.75) is 19.2 Å². The molecule has 2 aromatic carbocycles. The number of aryl methyl sites for hydroxylation is 2. The molecule has 1 unspecified atom stereocenters. The van der Waals surface area contributed by atoms with Crippen LogP contribution in [-0.4, -0.2) is 7.11 Å². The normalized spacial score (nSPS) is 12.3. The second-order valence-corrected chi connectivity index (χ2v) is 6.48. The van der Waals surface area contributed by atoms with Gasteiger partial charge in [-0.25, -0.2) is 0 Å². The van der Waals surface area contributed by atoms with E-state index in [-0.39, 0.29) is 5.38 Å². The number of ether oxygens (including phenoxy) is 1. The zero-order valence-electron chi connectivity index (χ0n) is 11.5. The fraction of sp³-hybridized carbons (Fsp3) is 0.250. The molecule has 2 aromatic rings. The highest BCUT2D eigenvalue weighted by Crippen LogP contribution is 2.37. The molecule has 0 radical (unpaired) electrons. The van der Waals surface area contributed by atoms with Crippen molar-refractivity contribution in [3.05, 3.63) is 62.1 Å². The molecule has 0 saturated carbocycles. The second kappa shape index (κ2) is 6.38. The standard InChI is InChI=1S/C16H15BrCl2O/c1-9-6-11(7-10(2)16(9)20-3)15(19)13-5-4-12(17)8-14(13)18/h4-8,15H,1-3H3. The Morgan fingerprint density at radius 3 is 2.20 bits per heavy atom. The third-order valence-electron chi connectivity index (χ3n) is 3.21. The van der Waals surface area contributed by atoms with Gasteiger partial charge in [0.2, 0.25) is 0 Å². The lowest BCUT2D eigenvalue weighted by Crippen LogP contribution is -1.98. The molecule has 4 heteroatoms. The minimum absolute atomic E-state index is 0.279. The van der Waals surface area contributed by atoms with E-state index >= 15 is 0 Å². The van der Waals surface area contributed by atoms with Crippen molar-refractivity contribution >= 4 is 39.1 Å². The molecule has 1 atom stereocenters. The van der Waals surface area contributed by atoms with Crippen LogP contribution in [0.1, 0.15) is 27.6 Å². The summed E-state index contributed by atoms with van der Waals surface area (Å²) in [7, 11) is 1.68. The first-order chi connectivity index (χ1) is 9.43. The molecule has 0 fully saturated rings. The maximum atomic E-state index is 6.59. The molecule has 0 spiro atoms. The Labute approximate surface area is 138 Å². The van der Waals surface area contributed by atoms with E-state index in [9.17, 15) is 0 Å². The Bertz CT molecular complexity index is 617. The SMILES string of the molecule is COc1c(C)cc(C(Cl)c2ccc(Br)cc2Cl)cc1C. The topological polar surface area (TPSA) is 9.23 Å². The number of methoxy groups -OCH3 is 1. The van der Waals surface area contributed by atoms with Crippen LogP contribution in [0.25, 0.3) is 0 Å². The maximum absolute atomic E-state index is 6.59. The molecule has 1 nitrogen and oxygen atoms in total. The quantitative estimate of drug-likeness (QED) is 0.594. The average molecular weight is 374 g/mol. The molecule has 20 heavy (non-hydrogen) atoms. The van der Waals surface area contributed by atoms with E-state index in [2.05, 4.69) is 15.9 Å². The van der Waals surface area contributed by atoms with E-state index in [0.29, 0.717) is 5.02 Å². The third kappa shape index (κ3) is 3.13. The van der Waals surface area contributed by atoms with Gasteiger partial charge in [0.1, 0.15) is 5.75 Å². The van der Waals surface area contributed by atoms with Crippen LogP contribution < -0.4 is 4.74 Å². The summed E-state index contributed by atoms with van der Waals surface area (Å²) in [6.07, 6.45) is 0. The van der Waals surface area contributed by atoms with E-state index in [0.717, 1.165) is 32.5 Å². The Morgan fingerprint density at radius 1 is 1.10 bits per heavy atom. The Morgan fingerprint density at radius 2 is 1.70 bits per heavy atom. The zero-order chi connectivity index (χ0) is 14.9. The van der Waals surface area contributed by atoms with Crippen LogP contribution in [0.4, 0.5) is 0 Å². The first-order valence-corrected chi connectivity index (χ1v) is 7.79. The minimum atomic E-state index is -0.279. The number of alkyl halides is 1. The summed E-state index contributed by atoms with van der Waals surface area (Å²) in [6, 6.07) is 9.83. The zero-order valence-corrected chi connectivity index (χ0v) is 14.6. The van der Waals surface area contributed by atoms with Crippen molar-refractivity contribution in [1.82, 2.24) is 0 Å². The van der Waals surface area contributed by atoms with Gasteiger partial charge in [0.25, 0.3) is 0 Å². The van der Waals surface area contributed by atoms with Gasteiger partial charge in [-0.1, -0.05) is 45.7 Å². The van der Waals surface area contributed by atoms with Gasteiger partial charge < -0.3 is 4.74 Å². The largest absolute Gasteiger partial charge is 0.496 e. The van der Waals surface area contributed by atoms with Crippen molar-refractivity contribution in [2.24, 2.45) is 0 Å². The second-order valence-electron chi connectivity index (χ2n) is 4.72. The van der Waals surface area contributed by atoms with Crippen LogP contribution in [0, 0.1) is 13.8 Å². The molecule has 0 N–H and O–H groups in total. The summed E-state index contributed by atoms with van der Waals surface area (Å²) in [6.45, 7) is 4.03. The van der Waals surface area contributed by atoms with Gasteiger partial charge in [0.15, 0.2) is 0 Å². The van der Waals surface area contributed by atoms with Crippen molar-refractivity contribution in [1.29, 1.82) is 0 Å². The van der Waals surface area contributed by atoms with Gasteiger partial charge in [-0.05, 0) is 48.2 Å². The van der Waals surface area contributed by atoms with Crippen molar-refractivity contribution in [3.63, 3.8) is 0 Å². The van der Waals surface area contributed by atoms with E-state index in [1.807, 2.05) is 44.2 Å². The number of hydrogen-bond acceptors (Lipinski definition) is 1. The first kappa shape index (κ1) is 15.7. The van der Waals surface area contributed by atoms with Crippen LogP contribution in [0.2, 0.25) is 5.02 Å². The van der Waals surface area contributed by atoms with Crippen molar-refractivity contribution < 1.29 is 4.74 Å². The average Bonchev–Trinajstić information content (AvgIpc) is 2.37. The third-order valence-corrected chi connectivity index (χ3v) is 4.52. The van der Waals surface area contributed by atoms with Crippen molar-refractivity contribution in [3.8, 4) is 5.75 Å². The molecule has 0 bridgehead atoms. The van der Waals surface area contributed by atoms with Gasteiger partial charge in [-0.15, -0.1) is 11.6 Å². The lowest BCUT2D eigenvalue weighted by atomic mass is 9.99. The Hall–Kier alpha value is -0.700. The number of benzene rings is 2. The Kier molecular flexibility index (Phi) is 5.00. The van der Waals surface area contributed by atoms with E-state index in [1.165, 1.54) is 0 Å². The van der Waals surface area contributed by atoms with Crippen LogP contribution in [0.3, 0.4) is 0 Å². The summed E-state index contributed by atoms with van der Waals surface area (Å²) in [5, 5.41) is 0.379. The summed E-state index contributed by atoms with van der Waals surface area (Å²) in [5.41, 5.74) is 4.06. The molecule has 0 aliphatic rings.